The monoisotopic (exact) mass is 321 g/mol. The number of allylic oxidation sites excluding steroid dienone is 3. The molecule has 0 bridgehead atoms. The Morgan fingerprint density at radius 3 is 1.65 bits per heavy atom. The van der Waals surface area contributed by atoms with E-state index in [1.807, 2.05) is 0 Å². The van der Waals surface area contributed by atoms with E-state index in [4.69, 9.17) is 0 Å². The largest absolute Gasteiger partial charge is 0.166 e. The lowest BCUT2D eigenvalue weighted by molar-refractivity contribution is 0.483. The predicted octanol–water partition coefficient (Wildman–Crippen LogP) is 6.21. The topological polar surface area (TPSA) is 0 Å². The zero-order valence-electron chi connectivity index (χ0n) is 14.5. The van der Waals surface area contributed by atoms with Crippen LogP contribution in [-0.2, 0) is 10.9 Å². The van der Waals surface area contributed by atoms with Gasteiger partial charge in [-0.05, 0) is 62.1 Å². The molecule has 0 saturated carbocycles. The van der Waals surface area contributed by atoms with Gasteiger partial charge in [0.1, 0.15) is 0 Å². The summed E-state index contributed by atoms with van der Waals surface area (Å²) in [5.41, 5.74) is 2.91. The molecule has 23 heavy (non-hydrogen) atoms. The second kappa shape index (κ2) is 6.41. The molecule has 118 valence electrons. The summed E-state index contributed by atoms with van der Waals surface area (Å²) in [6.07, 6.45) is 8.25. The lowest BCUT2D eigenvalue weighted by Gasteiger charge is -2.22. The minimum Gasteiger partial charge on any atom is -0.0736 e. The van der Waals surface area contributed by atoms with Gasteiger partial charge >= 0.3 is 0 Å². The number of hydrogen-bond acceptors (Lipinski definition) is 0. The maximum Gasteiger partial charge on any atom is 0.166 e. The first-order valence-corrected chi connectivity index (χ1v) is 9.44. The molecule has 0 heterocycles. The lowest BCUT2D eigenvalue weighted by Crippen LogP contribution is -2.14. The van der Waals surface area contributed by atoms with E-state index in [0.29, 0.717) is 0 Å². The Labute approximate surface area is 143 Å². The molecular formula is C22H25S+. The molecule has 3 rings (SSSR count). The van der Waals surface area contributed by atoms with E-state index in [9.17, 15) is 0 Å². The predicted molar refractivity (Wildman–Crippen MR) is 102 cm³/mol. The maximum atomic E-state index is 2.43. The molecule has 1 aliphatic rings. The van der Waals surface area contributed by atoms with Crippen molar-refractivity contribution >= 4 is 10.9 Å². The molecule has 1 aliphatic carbocycles. The summed E-state index contributed by atoms with van der Waals surface area (Å²) in [7, 11) is -0.0131. The average molecular weight is 322 g/mol. The van der Waals surface area contributed by atoms with Gasteiger partial charge in [0.25, 0.3) is 0 Å². The molecule has 0 N–H and O–H groups in total. The molecule has 0 saturated heterocycles. The van der Waals surface area contributed by atoms with Gasteiger partial charge in [-0.2, -0.15) is 0 Å². The zero-order valence-corrected chi connectivity index (χ0v) is 15.3. The standard InChI is InChI=1S/C22H25S/c1-17-5-9-19(10-6-17)23(20-11-7-18(2)8-12-20)21-13-15-22(3,4)16-14-21/h5-15H,16H2,1-4H3/q+1. The molecule has 1 heteroatoms. The van der Waals surface area contributed by atoms with Crippen LogP contribution in [0.3, 0.4) is 0 Å². The SMILES string of the molecule is Cc1ccc([S+](C2=CCC(C)(C)C=C2)c2ccc(C)cc2)cc1. The van der Waals surface area contributed by atoms with E-state index in [-0.39, 0.29) is 16.3 Å². The highest BCUT2D eigenvalue weighted by Gasteiger charge is 2.32. The summed E-state index contributed by atoms with van der Waals surface area (Å²) in [5.74, 6) is 0. The zero-order chi connectivity index (χ0) is 16.4. The third-order valence-corrected chi connectivity index (χ3v) is 6.54. The van der Waals surface area contributed by atoms with Gasteiger partial charge in [0.2, 0.25) is 0 Å². The fourth-order valence-electron chi connectivity index (χ4n) is 2.72. The Hall–Kier alpha value is -1.73. The molecule has 2 aromatic carbocycles. The number of rotatable bonds is 3. The van der Waals surface area contributed by atoms with Gasteiger partial charge in [-0.3, -0.25) is 0 Å². The van der Waals surface area contributed by atoms with Gasteiger partial charge in [0.15, 0.2) is 14.7 Å². The summed E-state index contributed by atoms with van der Waals surface area (Å²) in [6, 6.07) is 18.0. The third-order valence-electron chi connectivity index (χ3n) is 4.28. The number of benzene rings is 2. The van der Waals surface area contributed by atoms with Crippen molar-refractivity contribution in [2.45, 2.75) is 43.9 Å². The highest BCUT2D eigenvalue weighted by molar-refractivity contribution is 8.00. The molecule has 0 atom stereocenters. The van der Waals surface area contributed by atoms with Crippen LogP contribution < -0.4 is 0 Å². The van der Waals surface area contributed by atoms with Crippen molar-refractivity contribution in [1.29, 1.82) is 0 Å². The Morgan fingerprint density at radius 2 is 1.26 bits per heavy atom. The van der Waals surface area contributed by atoms with Crippen LogP contribution >= 0.6 is 0 Å². The van der Waals surface area contributed by atoms with Crippen molar-refractivity contribution in [3.8, 4) is 0 Å². The second-order valence-corrected chi connectivity index (χ2v) is 9.09. The molecule has 0 spiro atoms. The van der Waals surface area contributed by atoms with Gasteiger partial charge in [0, 0.05) is 0 Å². The Morgan fingerprint density at radius 1 is 0.783 bits per heavy atom. The Balaban J connectivity index is 2.04. The number of aryl methyl sites for hydroxylation is 2. The first kappa shape index (κ1) is 16.1. The lowest BCUT2D eigenvalue weighted by atomic mass is 9.86. The van der Waals surface area contributed by atoms with Crippen LogP contribution in [-0.4, -0.2) is 0 Å². The average Bonchev–Trinajstić information content (AvgIpc) is 2.53. The van der Waals surface area contributed by atoms with Crippen molar-refractivity contribution in [3.63, 3.8) is 0 Å². The summed E-state index contributed by atoms with van der Waals surface area (Å²) < 4.78 is 0. The summed E-state index contributed by atoms with van der Waals surface area (Å²) in [6.45, 7) is 8.89. The Kier molecular flexibility index (Phi) is 4.50. The highest BCUT2D eigenvalue weighted by atomic mass is 32.2. The first-order chi connectivity index (χ1) is 10.9. The van der Waals surface area contributed by atoms with E-state index in [1.54, 1.807) is 0 Å². The Bertz CT molecular complexity index is 685. The van der Waals surface area contributed by atoms with Crippen molar-refractivity contribution in [3.05, 3.63) is 82.8 Å². The van der Waals surface area contributed by atoms with E-state index in [0.717, 1.165) is 6.42 Å². The van der Waals surface area contributed by atoms with Crippen LogP contribution in [0.1, 0.15) is 31.4 Å². The quantitative estimate of drug-likeness (QED) is 0.590. The molecule has 0 nitrogen and oxygen atoms in total. The minimum absolute atomic E-state index is 0.0131. The maximum absolute atomic E-state index is 2.43. The molecule has 0 unspecified atom stereocenters. The normalized spacial score (nSPS) is 16.5. The van der Waals surface area contributed by atoms with E-state index in [2.05, 4.69) is 94.5 Å². The molecule has 0 amide bonds. The van der Waals surface area contributed by atoms with E-state index >= 15 is 0 Å². The van der Waals surface area contributed by atoms with Crippen LogP contribution in [0.4, 0.5) is 0 Å². The van der Waals surface area contributed by atoms with E-state index < -0.39 is 0 Å². The molecule has 0 aliphatic heterocycles. The molecule has 0 aromatic heterocycles. The van der Waals surface area contributed by atoms with Crippen LogP contribution in [0.25, 0.3) is 0 Å². The molecule has 0 fully saturated rings. The van der Waals surface area contributed by atoms with Crippen LogP contribution in [0.5, 0.6) is 0 Å². The molecular weight excluding hydrogens is 296 g/mol. The van der Waals surface area contributed by atoms with E-state index in [1.165, 1.54) is 25.8 Å². The summed E-state index contributed by atoms with van der Waals surface area (Å²) >= 11 is 0. The fraction of sp³-hybridized carbons (Fsp3) is 0.273. The van der Waals surface area contributed by atoms with Crippen molar-refractivity contribution in [2.24, 2.45) is 5.41 Å². The summed E-state index contributed by atoms with van der Waals surface area (Å²) in [4.78, 5) is 4.24. The highest BCUT2D eigenvalue weighted by Crippen LogP contribution is 2.37. The van der Waals surface area contributed by atoms with Crippen LogP contribution in [0, 0.1) is 19.3 Å². The third kappa shape index (κ3) is 3.79. The van der Waals surface area contributed by atoms with Crippen molar-refractivity contribution in [2.75, 3.05) is 0 Å². The number of hydrogen-bond donors (Lipinski definition) is 0. The smallest absolute Gasteiger partial charge is 0.0736 e. The fourth-order valence-corrected chi connectivity index (χ4v) is 4.80. The van der Waals surface area contributed by atoms with Crippen LogP contribution in [0.15, 0.2) is 81.5 Å². The molecule has 2 aromatic rings. The van der Waals surface area contributed by atoms with Gasteiger partial charge in [-0.1, -0.05) is 55.3 Å². The summed E-state index contributed by atoms with van der Waals surface area (Å²) in [5, 5.41) is 0. The molecule has 0 radical (unpaired) electrons. The van der Waals surface area contributed by atoms with Crippen molar-refractivity contribution < 1.29 is 0 Å². The second-order valence-electron chi connectivity index (χ2n) is 7.06. The van der Waals surface area contributed by atoms with Crippen molar-refractivity contribution in [1.82, 2.24) is 0 Å². The first-order valence-electron chi connectivity index (χ1n) is 8.22. The van der Waals surface area contributed by atoms with Gasteiger partial charge in [0.05, 0.1) is 10.9 Å². The van der Waals surface area contributed by atoms with Gasteiger partial charge in [-0.15, -0.1) is 0 Å². The van der Waals surface area contributed by atoms with Gasteiger partial charge < -0.3 is 0 Å². The van der Waals surface area contributed by atoms with Crippen LogP contribution in [0.2, 0.25) is 0 Å². The van der Waals surface area contributed by atoms with Gasteiger partial charge in [-0.25, -0.2) is 0 Å². The minimum atomic E-state index is -0.0131.